The van der Waals surface area contributed by atoms with E-state index in [4.69, 9.17) is 15.2 Å². The van der Waals surface area contributed by atoms with Crippen LogP contribution in [0.15, 0.2) is 18.2 Å². The minimum Gasteiger partial charge on any atom is -0.497 e. The highest BCUT2D eigenvalue weighted by Crippen LogP contribution is 2.63. The van der Waals surface area contributed by atoms with Gasteiger partial charge < -0.3 is 15.2 Å². The lowest BCUT2D eigenvalue weighted by Gasteiger charge is -2.60. The molecule has 4 aliphatic rings. The lowest BCUT2D eigenvalue weighted by molar-refractivity contribution is -0.189. The zero-order chi connectivity index (χ0) is 20.4. The van der Waals surface area contributed by atoms with Crippen molar-refractivity contribution in [2.24, 2.45) is 17.6 Å². The van der Waals surface area contributed by atoms with E-state index in [9.17, 15) is 9.59 Å². The van der Waals surface area contributed by atoms with Crippen LogP contribution in [-0.4, -0.2) is 48.6 Å². The van der Waals surface area contributed by atoms with Gasteiger partial charge in [-0.25, -0.2) is 0 Å². The molecule has 4 atom stereocenters. The summed E-state index contributed by atoms with van der Waals surface area (Å²) in [7, 11) is 1.67. The Bertz CT molecular complexity index is 866. The number of esters is 1. The fourth-order valence-corrected chi connectivity index (χ4v) is 6.58. The van der Waals surface area contributed by atoms with E-state index >= 15 is 0 Å². The number of hydrogen-bond acceptors (Lipinski definition) is 5. The minimum atomic E-state index is -0.703. The summed E-state index contributed by atoms with van der Waals surface area (Å²) in [5.74, 6) is 0.710. The molecule has 1 aliphatic heterocycles. The Morgan fingerprint density at radius 1 is 1.28 bits per heavy atom. The van der Waals surface area contributed by atoms with E-state index < -0.39 is 5.60 Å². The first kappa shape index (κ1) is 18.9. The van der Waals surface area contributed by atoms with Crippen molar-refractivity contribution >= 4 is 11.9 Å². The number of piperidine rings is 1. The van der Waals surface area contributed by atoms with Crippen LogP contribution in [0.4, 0.5) is 0 Å². The van der Waals surface area contributed by atoms with Gasteiger partial charge in [-0.15, -0.1) is 0 Å². The predicted molar refractivity (Wildman–Crippen MR) is 107 cm³/mol. The van der Waals surface area contributed by atoms with Crippen LogP contribution in [0.1, 0.15) is 50.2 Å². The van der Waals surface area contributed by atoms with Crippen LogP contribution < -0.4 is 10.5 Å². The second kappa shape index (κ2) is 6.46. The molecule has 0 spiro atoms. The van der Waals surface area contributed by atoms with E-state index in [-0.39, 0.29) is 29.3 Å². The molecule has 1 saturated heterocycles. The lowest BCUT2D eigenvalue weighted by Crippen LogP contribution is -2.70. The molecule has 1 amide bonds. The maximum Gasteiger partial charge on any atom is 0.303 e. The topological polar surface area (TPSA) is 81.9 Å². The third-order valence-corrected chi connectivity index (χ3v) is 7.92. The third-order valence-electron chi connectivity index (χ3n) is 7.92. The van der Waals surface area contributed by atoms with E-state index in [1.807, 2.05) is 6.07 Å². The van der Waals surface area contributed by atoms with Gasteiger partial charge in [0.2, 0.25) is 5.91 Å². The van der Waals surface area contributed by atoms with Gasteiger partial charge in [-0.05, 0) is 67.8 Å². The third kappa shape index (κ3) is 2.71. The number of nitrogens with zero attached hydrogens (tertiary/aromatic N) is 1. The Labute approximate surface area is 171 Å². The van der Waals surface area contributed by atoms with Crippen LogP contribution in [0.5, 0.6) is 5.75 Å². The van der Waals surface area contributed by atoms with Crippen molar-refractivity contribution in [3.05, 3.63) is 29.3 Å². The second-order valence-electron chi connectivity index (χ2n) is 9.50. The van der Waals surface area contributed by atoms with Crippen molar-refractivity contribution in [1.82, 2.24) is 4.90 Å². The van der Waals surface area contributed by atoms with Gasteiger partial charge in [-0.2, -0.15) is 0 Å². The molecule has 1 heterocycles. The number of carbonyl (C=O) groups excluding carboxylic acids is 2. The van der Waals surface area contributed by atoms with Gasteiger partial charge in [-0.1, -0.05) is 6.07 Å². The van der Waals surface area contributed by atoms with Crippen molar-refractivity contribution in [1.29, 1.82) is 0 Å². The minimum absolute atomic E-state index is 0.0889. The standard InChI is InChI=1S/C23H30N2O4/c1-14(26)29-23-12-17(21(24)27)11-22(23)7-8-25(13-15-3-4-15)20(23)9-16-5-6-18(28-2)10-19(16)22/h5-6,10,15,17,20H,3-4,7-9,11-13H2,1-2H3,(H2,24,27)/t17-,20-,22-,23-/m1/s1. The molecule has 156 valence electrons. The largest absolute Gasteiger partial charge is 0.497 e. The Balaban J connectivity index is 1.69. The molecule has 2 N–H and O–H groups in total. The Morgan fingerprint density at radius 2 is 2.07 bits per heavy atom. The molecular formula is C23H30N2O4. The zero-order valence-electron chi connectivity index (χ0n) is 17.3. The first-order valence-electron chi connectivity index (χ1n) is 10.8. The molecule has 5 rings (SSSR count). The first-order chi connectivity index (χ1) is 13.9. The van der Waals surface area contributed by atoms with Crippen LogP contribution >= 0.6 is 0 Å². The summed E-state index contributed by atoms with van der Waals surface area (Å²) >= 11 is 0. The van der Waals surface area contributed by atoms with E-state index in [2.05, 4.69) is 17.0 Å². The normalized spacial score (nSPS) is 35.5. The molecule has 1 aromatic rings. The fourth-order valence-electron chi connectivity index (χ4n) is 6.58. The molecule has 3 fully saturated rings. The molecule has 6 nitrogen and oxygen atoms in total. The number of carbonyl (C=O) groups is 2. The highest BCUT2D eigenvalue weighted by Gasteiger charge is 2.70. The molecule has 1 aromatic carbocycles. The van der Waals surface area contributed by atoms with Gasteiger partial charge in [-0.3, -0.25) is 14.5 Å². The van der Waals surface area contributed by atoms with Gasteiger partial charge >= 0.3 is 5.97 Å². The number of likely N-dealkylation sites (tertiary alicyclic amines) is 1. The average Bonchev–Trinajstić information content (AvgIpc) is 3.41. The average molecular weight is 399 g/mol. The van der Waals surface area contributed by atoms with Gasteiger partial charge in [0.25, 0.3) is 0 Å². The summed E-state index contributed by atoms with van der Waals surface area (Å²) in [5, 5.41) is 0. The molecule has 2 saturated carbocycles. The van der Waals surface area contributed by atoms with Crippen molar-refractivity contribution in [3.63, 3.8) is 0 Å². The molecule has 6 heteroatoms. The summed E-state index contributed by atoms with van der Waals surface area (Å²) in [4.78, 5) is 27.2. The van der Waals surface area contributed by atoms with E-state index in [0.717, 1.165) is 37.6 Å². The van der Waals surface area contributed by atoms with Crippen LogP contribution in [0.25, 0.3) is 0 Å². The Kier molecular flexibility index (Phi) is 4.21. The molecule has 0 unspecified atom stereocenters. The van der Waals surface area contributed by atoms with Crippen LogP contribution in [0.2, 0.25) is 0 Å². The number of nitrogens with two attached hydrogens (primary N) is 1. The van der Waals surface area contributed by atoms with E-state index in [1.54, 1.807) is 7.11 Å². The van der Waals surface area contributed by atoms with Gasteiger partial charge in [0.05, 0.1) is 13.2 Å². The number of ether oxygens (including phenoxy) is 2. The quantitative estimate of drug-likeness (QED) is 0.769. The number of hydrogen-bond donors (Lipinski definition) is 1. The Hall–Kier alpha value is -2.08. The molecule has 0 aromatic heterocycles. The lowest BCUT2D eigenvalue weighted by atomic mass is 9.56. The summed E-state index contributed by atoms with van der Waals surface area (Å²) in [5.41, 5.74) is 7.18. The number of primary amides is 1. The molecule has 3 aliphatic carbocycles. The van der Waals surface area contributed by atoms with Gasteiger partial charge in [0.1, 0.15) is 11.4 Å². The van der Waals surface area contributed by atoms with E-state index in [0.29, 0.717) is 12.8 Å². The van der Waals surface area contributed by atoms with Gasteiger partial charge in [0.15, 0.2) is 0 Å². The van der Waals surface area contributed by atoms with Crippen LogP contribution in [0.3, 0.4) is 0 Å². The van der Waals surface area contributed by atoms with Crippen molar-refractivity contribution in [2.45, 2.75) is 62.5 Å². The number of fused-ring (bicyclic) bond motifs is 1. The molecule has 2 bridgehead atoms. The van der Waals surface area contributed by atoms with Crippen LogP contribution in [0, 0.1) is 11.8 Å². The first-order valence-corrected chi connectivity index (χ1v) is 10.8. The maximum atomic E-state index is 12.3. The summed E-state index contributed by atoms with van der Waals surface area (Å²) < 4.78 is 11.8. The smallest absolute Gasteiger partial charge is 0.303 e. The monoisotopic (exact) mass is 398 g/mol. The van der Waals surface area contributed by atoms with Crippen LogP contribution in [-0.2, 0) is 26.2 Å². The SMILES string of the molecule is COc1ccc2c(c1)[C@]13CCN(CC4CC4)[C@H](C2)[C@]1(OC(C)=O)C[C@H](C(N)=O)C3. The predicted octanol–water partition coefficient (Wildman–Crippen LogP) is 2.17. The number of rotatable bonds is 5. The second-order valence-corrected chi connectivity index (χ2v) is 9.50. The molecule has 29 heavy (non-hydrogen) atoms. The summed E-state index contributed by atoms with van der Waals surface area (Å²) in [6.07, 6.45) is 5.42. The van der Waals surface area contributed by atoms with Gasteiger partial charge in [0, 0.05) is 31.2 Å². The van der Waals surface area contributed by atoms with Crippen molar-refractivity contribution in [2.75, 3.05) is 20.2 Å². The Morgan fingerprint density at radius 3 is 2.72 bits per heavy atom. The molecular weight excluding hydrogens is 368 g/mol. The summed E-state index contributed by atoms with van der Waals surface area (Å²) in [6.45, 7) is 3.50. The highest BCUT2D eigenvalue weighted by atomic mass is 16.6. The number of methoxy groups -OCH3 is 1. The fraction of sp³-hybridized carbons (Fsp3) is 0.652. The maximum absolute atomic E-state index is 12.3. The molecule has 0 radical (unpaired) electrons. The number of amides is 1. The van der Waals surface area contributed by atoms with E-state index in [1.165, 1.54) is 30.9 Å². The number of benzene rings is 1. The van der Waals surface area contributed by atoms with Crippen molar-refractivity contribution in [3.8, 4) is 5.75 Å². The summed E-state index contributed by atoms with van der Waals surface area (Å²) in [6, 6.07) is 6.35. The van der Waals surface area contributed by atoms with Crippen molar-refractivity contribution < 1.29 is 19.1 Å². The highest BCUT2D eigenvalue weighted by molar-refractivity contribution is 5.78. The zero-order valence-corrected chi connectivity index (χ0v) is 17.3.